The van der Waals surface area contributed by atoms with Gasteiger partial charge in [0.05, 0.1) is 26.6 Å². The fraction of sp³-hybridized carbons (Fsp3) is 0. The van der Waals surface area contributed by atoms with Crippen LogP contribution < -0.4 is 10.1 Å². The number of pyridine rings is 1. The van der Waals surface area contributed by atoms with Crippen LogP contribution in [-0.2, 0) is 0 Å². The molecular formula is C22H12Cl2N2OS2. The molecule has 142 valence electrons. The van der Waals surface area contributed by atoms with E-state index < -0.39 is 0 Å². The molecule has 0 unspecified atom stereocenters. The van der Waals surface area contributed by atoms with E-state index in [0.717, 1.165) is 21.7 Å². The van der Waals surface area contributed by atoms with Crippen molar-refractivity contribution in [1.82, 2.24) is 4.57 Å². The summed E-state index contributed by atoms with van der Waals surface area (Å²) in [5.74, 6) is 0. The topological polar surface area (TPSA) is 34.4 Å². The number of halogens is 2. The SMILES string of the molecule is O=c1c2cc(Cl)c(Cl)cc2n(-c2ccccc2)c2ssc(=Nc3ccccc3)c12. The highest BCUT2D eigenvalue weighted by Crippen LogP contribution is 2.32. The van der Waals surface area contributed by atoms with Gasteiger partial charge in [-0.3, -0.25) is 9.36 Å². The Kier molecular flexibility index (Phi) is 4.76. The molecule has 3 aromatic carbocycles. The second-order valence-electron chi connectivity index (χ2n) is 6.38. The third-order valence-corrected chi connectivity index (χ3v) is 7.58. The van der Waals surface area contributed by atoms with Crippen molar-refractivity contribution in [3.63, 3.8) is 0 Å². The summed E-state index contributed by atoms with van der Waals surface area (Å²) < 4.78 is 2.75. The molecule has 0 atom stereocenters. The molecule has 0 saturated heterocycles. The van der Waals surface area contributed by atoms with Gasteiger partial charge in [-0.2, -0.15) is 0 Å². The van der Waals surface area contributed by atoms with Crippen molar-refractivity contribution in [2.24, 2.45) is 4.99 Å². The summed E-state index contributed by atoms with van der Waals surface area (Å²) in [7, 11) is 3.02. The van der Waals surface area contributed by atoms with Crippen LogP contribution in [0.5, 0.6) is 0 Å². The highest BCUT2D eigenvalue weighted by molar-refractivity contribution is 7.71. The Balaban J connectivity index is 1.98. The van der Waals surface area contributed by atoms with Crippen molar-refractivity contribution in [1.29, 1.82) is 0 Å². The summed E-state index contributed by atoms with van der Waals surface area (Å²) in [6.45, 7) is 0. The monoisotopic (exact) mass is 454 g/mol. The van der Waals surface area contributed by atoms with E-state index in [-0.39, 0.29) is 5.43 Å². The van der Waals surface area contributed by atoms with E-state index in [1.165, 1.54) is 20.7 Å². The van der Waals surface area contributed by atoms with Crippen LogP contribution in [-0.4, -0.2) is 4.57 Å². The first-order valence-electron chi connectivity index (χ1n) is 8.75. The van der Waals surface area contributed by atoms with Gasteiger partial charge >= 0.3 is 0 Å². The van der Waals surface area contributed by atoms with Crippen molar-refractivity contribution in [3.05, 3.63) is 97.7 Å². The van der Waals surface area contributed by atoms with Gasteiger partial charge in [-0.1, -0.05) is 80.3 Å². The number of hydrogen-bond donors (Lipinski definition) is 0. The number of hydrogen-bond acceptors (Lipinski definition) is 4. The third kappa shape index (κ3) is 3.20. The molecule has 0 fully saturated rings. The lowest BCUT2D eigenvalue weighted by Crippen LogP contribution is -2.14. The Morgan fingerprint density at radius 1 is 0.828 bits per heavy atom. The van der Waals surface area contributed by atoms with E-state index in [1.54, 1.807) is 12.1 Å². The number of aromatic nitrogens is 1. The van der Waals surface area contributed by atoms with Gasteiger partial charge in [-0.05, 0) is 36.4 Å². The molecule has 0 bridgehead atoms. The number of para-hydroxylation sites is 2. The maximum Gasteiger partial charge on any atom is 0.201 e. The van der Waals surface area contributed by atoms with Gasteiger partial charge in [0.1, 0.15) is 9.50 Å². The summed E-state index contributed by atoms with van der Waals surface area (Å²) in [6.07, 6.45) is 0. The molecule has 0 N–H and O–H groups in total. The first-order valence-corrected chi connectivity index (χ1v) is 11.7. The van der Waals surface area contributed by atoms with Crippen molar-refractivity contribution in [3.8, 4) is 5.69 Å². The highest BCUT2D eigenvalue weighted by Gasteiger charge is 2.17. The van der Waals surface area contributed by atoms with Gasteiger partial charge in [0.25, 0.3) is 0 Å². The molecule has 2 aromatic heterocycles. The fourth-order valence-electron chi connectivity index (χ4n) is 3.27. The minimum absolute atomic E-state index is 0.0899. The first-order chi connectivity index (χ1) is 14.1. The second-order valence-corrected chi connectivity index (χ2v) is 9.30. The Bertz CT molecular complexity index is 1490. The van der Waals surface area contributed by atoms with Gasteiger partial charge in [0.15, 0.2) is 0 Å². The average Bonchev–Trinajstić information content (AvgIpc) is 3.15. The molecule has 0 spiro atoms. The fourth-order valence-corrected chi connectivity index (χ4v) is 6.09. The predicted octanol–water partition coefficient (Wildman–Crippen LogP) is 6.81. The highest BCUT2D eigenvalue weighted by atomic mass is 35.5. The number of nitrogens with zero attached hydrogens (tertiary/aromatic N) is 2. The minimum Gasteiger partial charge on any atom is -0.300 e. The van der Waals surface area contributed by atoms with Crippen LogP contribution in [0.1, 0.15) is 0 Å². The van der Waals surface area contributed by atoms with E-state index in [2.05, 4.69) is 4.57 Å². The van der Waals surface area contributed by atoms with Crippen LogP contribution in [0.15, 0.2) is 82.6 Å². The molecule has 7 heteroatoms. The number of rotatable bonds is 2. The van der Waals surface area contributed by atoms with Crippen LogP contribution in [0, 0.1) is 0 Å². The van der Waals surface area contributed by atoms with E-state index in [9.17, 15) is 4.79 Å². The van der Waals surface area contributed by atoms with Crippen LogP contribution in [0.2, 0.25) is 10.0 Å². The normalized spacial score (nSPS) is 12.1. The van der Waals surface area contributed by atoms with Crippen LogP contribution in [0.25, 0.3) is 26.8 Å². The minimum atomic E-state index is -0.0899. The lowest BCUT2D eigenvalue weighted by molar-refractivity contribution is 1.18. The van der Waals surface area contributed by atoms with Gasteiger partial charge in [0, 0.05) is 11.1 Å². The molecule has 0 aliphatic carbocycles. The predicted molar refractivity (Wildman–Crippen MR) is 124 cm³/mol. The Hall–Kier alpha value is -2.44. The molecule has 0 aliphatic heterocycles. The van der Waals surface area contributed by atoms with Crippen LogP contribution in [0.3, 0.4) is 0 Å². The molecule has 0 aliphatic rings. The molecule has 0 radical (unpaired) electrons. The first kappa shape index (κ1) is 18.6. The molecule has 29 heavy (non-hydrogen) atoms. The van der Waals surface area contributed by atoms with Gasteiger partial charge in [0.2, 0.25) is 5.43 Å². The number of fused-ring (bicyclic) bond motifs is 2. The molecule has 5 aromatic rings. The average molecular weight is 455 g/mol. The zero-order chi connectivity index (χ0) is 20.0. The smallest absolute Gasteiger partial charge is 0.201 e. The molecule has 2 heterocycles. The Morgan fingerprint density at radius 3 is 2.21 bits per heavy atom. The summed E-state index contributed by atoms with van der Waals surface area (Å²) >= 11 is 12.6. The number of benzene rings is 3. The van der Waals surface area contributed by atoms with E-state index in [0.29, 0.717) is 25.5 Å². The van der Waals surface area contributed by atoms with Crippen molar-refractivity contribution < 1.29 is 0 Å². The standard InChI is InChI=1S/C22H12Cl2N2OS2/c23-16-11-15-18(12-17(16)24)26(14-9-5-2-6-10-14)22-19(20(15)27)21(28-29-22)25-13-7-3-1-4-8-13/h1-12H. The van der Waals surface area contributed by atoms with Gasteiger partial charge in [-0.15, -0.1) is 0 Å². The third-order valence-electron chi connectivity index (χ3n) is 4.58. The molecular weight excluding hydrogens is 443 g/mol. The van der Waals surface area contributed by atoms with Crippen LogP contribution >= 0.6 is 43.9 Å². The molecule has 5 rings (SSSR count). The lowest BCUT2D eigenvalue weighted by atomic mass is 10.1. The molecule has 0 saturated carbocycles. The zero-order valence-electron chi connectivity index (χ0n) is 14.8. The summed E-state index contributed by atoms with van der Waals surface area (Å²) in [6, 6.07) is 22.9. The van der Waals surface area contributed by atoms with Crippen molar-refractivity contribution in [2.75, 3.05) is 0 Å². The largest absolute Gasteiger partial charge is 0.300 e. The van der Waals surface area contributed by atoms with Crippen LogP contribution in [0.4, 0.5) is 5.69 Å². The Morgan fingerprint density at radius 2 is 1.48 bits per heavy atom. The quantitative estimate of drug-likeness (QED) is 0.270. The maximum absolute atomic E-state index is 13.4. The van der Waals surface area contributed by atoms with E-state index in [1.807, 2.05) is 60.7 Å². The Labute approximate surface area is 183 Å². The zero-order valence-corrected chi connectivity index (χ0v) is 17.9. The summed E-state index contributed by atoms with van der Waals surface area (Å²) in [5.41, 5.74) is 2.39. The summed E-state index contributed by atoms with van der Waals surface area (Å²) in [4.78, 5) is 19.0. The van der Waals surface area contributed by atoms with E-state index in [4.69, 9.17) is 28.2 Å². The van der Waals surface area contributed by atoms with E-state index >= 15 is 0 Å². The van der Waals surface area contributed by atoms with Gasteiger partial charge in [-0.25, -0.2) is 4.99 Å². The lowest BCUT2D eigenvalue weighted by Gasteiger charge is -2.13. The van der Waals surface area contributed by atoms with Gasteiger partial charge < -0.3 is 0 Å². The maximum atomic E-state index is 13.4. The molecule has 0 amide bonds. The van der Waals surface area contributed by atoms with Crippen molar-refractivity contribution in [2.45, 2.75) is 0 Å². The second kappa shape index (κ2) is 7.43. The summed E-state index contributed by atoms with van der Waals surface area (Å²) in [5, 5.41) is 1.89. The molecule has 3 nitrogen and oxygen atoms in total. The van der Waals surface area contributed by atoms with Crippen molar-refractivity contribution >= 4 is 70.7 Å².